The number of nitrogens with one attached hydrogen (secondary N) is 1. The first-order valence-electron chi connectivity index (χ1n) is 9.10. The zero-order valence-electron chi connectivity index (χ0n) is 15.1. The highest BCUT2D eigenvalue weighted by Crippen LogP contribution is 2.22. The monoisotopic (exact) mass is 311 g/mol. The van der Waals surface area contributed by atoms with Gasteiger partial charge in [-0.05, 0) is 37.1 Å². The van der Waals surface area contributed by atoms with Crippen LogP contribution in [-0.2, 0) is 0 Å². The van der Waals surface area contributed by atoms with Gasteiger partial charge in [-0.15, -0.1) is 0 Å². The van der Waals surface area contributed by atoms with Crippen LogP contribution in [0.2, 0.25) is 0 Å². The van der Waals surface area contributed by atoms with E-state index in [1.54, 1.807) is 0 Å². The van der Waals surface area contributed by atoms with E-state index in [1.807, 2.05) is 0 Å². The Labute approximate surface area is 143 Å². The van der Waals surface area contributed by atoms with Crippen LogP contribution in [-0.4, -0.2) is 13.1 Å². The van der Waals surface area contributed by atoms with Gasteiger partial charge in [0.05, 0.1) is 0 Å². The van der Waals surface area contributed by atoms with Gasteiger partial charge in [0.25, 0.3) is 0 Å². The smallest absolute Gasteiger partial charge is 0.00610 e. The molecular weight excluding hydrogens is 278 g/mol. The number of hydrogen-bond donors (Lipinski definition) is 1. The van der Waals surface area contributed by atoms with Gasteiger partial charge in [-0.2, -0.15) is 0 Å². The van der Waals surface area contributed by atoms with Gasteiger partial charge >= 0.3 is 0 Å². The average Bonchev–Trinajstić information content (AvgIpc) is 2.63. The molecule has 0 atom stereocenters. The molecule has 0 spiro atoms. The molecule has 1 heteroatoms. The quantitative estimate of drug-likeness (QED) is 0.588. The Morgan fingerprint density at radius 3 is 1.65 bits per heavy atom. The van der Waals surface area contributed by atoms with E-state index >= 15 is 0 Å². The molecule has 1 nitrogen and oxygen atoms in total. The molecule has 0 radical (unpaired) electrons. The molecule has 1 N–H and O–H groups in total. The molecule has 0 amide bonds. The second kappa shape index (κ2) is 12.9. The molecule has 23 heavy (non-hydrogen) atoms. The Kier molecular flexibility index (Phi) is 10.9. The first kappa shape index (κ1) is 19.4. The maximum Gasteiger partial charge on any atom is 0.00610 e. The van der Waals surface area contributed by atoms with Crippen LogP contribution in [0, 0.1) is 0 Å². The van der Waals surface area contributed by atoms with Crippen LogP contribution < -0.4 is 5.32 Å². The summed E-state index contributed by atoms with van der Waals surface area (Å²) in [6, 6.07) is 21.2. The van der Waals surface area contributed by atoms with E-state index in [0.717, 1.165) is 0 Å². The molecule has 2 aromatic rings. The fourth-order valence-corrected chi connectivity index (χ4v) is 2.48. The lowest BCUT2D eigenvalue weighted by molar-refractivity contribution is 0.611. The maximum absolute atomic E-state index is 3.37. The average molecular weight is 312 g/mol. The van der Waals surface area contributed by atoms with Crippen molar-refractivity contribution in [3.8, 4) is 0 Å². The van der Waals surface area contributed by atoms with Gasteiger partial charge in [0.2, 0.25) is 0 Å². The van der Waals surface area contributed by atoms with Crippen molar-refractivity contribution in [2.45, 2.75) is 52.4 Å². The minimum absolute atomic E-state index is 0.484. The van der Waals surface area contributed by atoms with Crippen molar-refractivity contribution in [3.63, 3.8) is 0 Å². The van der Waals surface area contributed by atoms with Crippen LogP contribution in [0.25, 0.3) is 0 Å². The Morgan fingerprint density at radius 1 is 0.696 bits per heavy atom. The van der Waals surface area contributed by atoms with Crippen molar-refractivity contribution < 1.29 is 0 Å². The number of rotatable bonds is 8. The first-order valence-corrected chi connectivity index (χ1v) is 9.10. The lowest BCUT2D eigenvalue weighted by Gasteiger charge is -2.11. The molecule has 126 valence electrons. The maximum atomic E-state index is 3.37. The van der Waals surface area contributed by atoms with Gasteiger partial charge in [-0.3, -0.25) is 0 Å². The highest BCUT2D eigenvalue weighted by molar-refractivity contribution is 5.31. The summed E-state index contributed by atoms with van der Waals surface area (Å²) >= 11 is 0. The Bertz CT molecular complexity index is 432. The van der Waals surface area contributed by atoms with E-state index in [4.69, 9.17) is 0 Å². The fraction of sp³-hybridized carbons (Fsp3) is 0.455. The summed E-state index contributed by atoms with van der Waals surface area (Å²) in [7, 11) is 0. The van der Waals surface area contributed by atoms with Gasteiger partial charge in [-0.25, -0.2) is 0 Å². The number of hydrogen-bond acceptors (Lipinski definition) is 1. The van der Waals surface area contributed by atoms with Crippen molar-refractivity contribution in [3.05, 3.63) is 71.8 Å². The normalized spacial score (nSPS) is 10.3. The number of benzene rings is 2. The Hall–Kier alpha value is -1.60. The van der Waals surface area contributed by atoms with Gasteiger partial charge in [0.1, 0.15) is 0 Å². The van der Waals surface area contributed by atoms with Crippen LogP contribution >= 0.6 is 0 Å². The van der Waals surface area contributed by atoms with Crippen molar-refractivity contribution in [1.82, 2.24) is 5.32 Å². The lowest BCUT2D eigenvalue weighted by Crippen LogP contribution is -2.15. The van der Waals surface area contributed by atoms with E-state index in [2.05, 4.69) is 86.8 Å². The van der Waals surface area contributed by atoms with Crippen molar-refractivity contribution >= 4 is 0 Å². The van der Waals surface area contributed by atoms with Crippen LogP contribution in [0.3, 0.4) is 0 Å². The SMILES string of the molecule is CC(c1ccccc1)c1ccccc1.CCCCCNCCC. The second-order valence-electron chi connectivity index (χ2n) is 6.00. The summed E-state index contributed by atoms with van der Waals surface area (Å²) in [4.78, 5) is 0. The Balaban J connectivity index is 0.000000257. The first-order chi connectivity index (χ1) is 11.3. The highest BCUT2D eigenvalue weighted by Gasteiger charge is 2.05. The van der Waals surface area contributed by atoms with Gasteiger partial charge in [0, 0.05) is 5.92 Å². The van der Waals surface area contributed by atoms with Gasteiger partial charge < -0.3 is 5.32 Å². The minimum Gasteiger partial charge on any atom is -0.317 e. The van der Waals surface area contributed by atoms with Gasteiger partial charge in [0.15, 0.2) is 0 Å². The van der Waals surface area contributed by atoms with E-state index in [0.29, 0.717) is 5.92 Å². The van der Waals surface area contributed by atoms with Crippen LogP contribution in [0.5, 0.6) is 0 Å². The Morgan fingerprint density at radius 2 is 1.22 bits per heavy atom. The third-order valence-corrected chi connectivity index (χ3v) is 3.98. The molecule has 0 aliphatic carbocycles. The second-order valence-corrected chi connectivity index (χ2v) is 6.00. The predicted molar refractivity (Wildman–Crippen MR) is 103 cm³/mol. The van der Waals surface area contributed by atoms with E-state index < -0.39 is 0 Å². The predicted octanol–water partition coefficient (Wildman–Crippen LogP) is 6.01. The van der Waals surface area contributed by atoms with Crippen molar-refractivity contribution in [2.24, 2.45) is 0 Å². The standard InChI is InChI=1S/C14H14.C8H19N/c1-12(13-8-4-2-5-9-13)14-10-6-3-7-11-14;1-3-5-6-8-9-7-4-2/h2-12H,1H3;9H,3-8H2,1-2H3. The molecule has 2 rings (SSSR count). The fourth-order valence-electron chi connectivity index (χ4n) is 2.48. The summed E-state index contributed by atoms with van der Waals surface area (Å²) in [6.07, 6.45) is 5.30. The lowest BCUT2D eigenvalue weighted by atomic mass is 9.93. The summed E-state index contributed by atoms with van der Waals surface area (Å²) < 4.78 is 0. The van der Waals surface area contributed by atoms with Crippen LogP contribution in [0.1, 0.15) is 63.5 Å². The summed E-state index contributed by atoms with van der Waals surface area (Å²) in [6.45, 7) is 9.07. The van der Waals surface area contributed by atoms with E-state index in [1.165, 1.54) is 49.9 Å². The zero-order valence-corrected chi connectivity index (χ0v) is 15.1. The molecule has 0 aliphatic rings. The van der Waals surface area contributed by atoms with E-state index in [9.17, 15) is 0 Å². The molecule has 0 aromatic heterocycles. The molecule has 0 fully saturated rings. The zero-order chi connectivity index (χ0) is 16.8. The van der Waals surface area contributed by atoms with Gasteiger partial charge in [-0.1, -0.05) is 94.3 Å². The largest absolute Gasteiger partial charge is 0.317 e. The topological polar surface area (TPSA) is 12.0 Å². The summed E-state index contributed by atoms with van der Waals surface area (Å²) in [5, 5.41) is 3.37. The number of unbranched alkanes of at least 4 members (excludes halogenated alkanes) is 2. The van der Waals surface area contributed by atoms with Crippen LogP contribution in [0.15, 0.2) is 60.7 Å². The molecule has 0 heterocycles. The molecule has 2 aromatic carbocycles. The molecule has 0 aliphatic heterocycles. The highest BCUT2D eigenvalue weighted by atomic mass is 14.8. The molecule has 0 saturated carbocycles. The minimum atomic E-state index is 0.484. The third kappa shape index (κ3) is 8.56. The third-order valence-electron chi connectivity index (χ3n) is 3.98. The summed E-state index contributed by atoms with van der Waals surface area (Å²) in [5.74, 6) is 0.484. The van der Waals surface area contributed by atoms with Crippen LogP contribution in [0.4, 0.5) is 0 Å². The van der Waals surface area contributed by atoms with Crippen molar-refractivity contribution in [2.75, 3.05) is 13.1 Å². The van der Waals surface area contributed by atoms with Crippen molar-refractivity contribution in [1.29, 1.82) is 0 Å². The molecule has 0 saturated heterocycles. The summed E-state index contributed by atoms with van der Waals surface area (Å²) in [5.41, 5.74) is 2.75. The molecule has 0 unspecified atom stereocenters. The molecular formula is C22H33N. The molecule has 0 bridgehead atoms. The van der Waals surface area contributed by atoms with E-state index in [-0.39, 0.29) is 0 Å².